The summed E-state index contributed by atoms with van der Waals surface area (Å²) >= 11 is 0. The zero-order chi connectivity index (χ0) is 19.2. The van der Waals surface area contributed by atoms with E-state index in [2.05, 4.69) is 10.6 Å². The van der Waals surface area contributed by atoms with E-state index in [4.69, 9.17) is 4.42 Å². The first-order valence-corrected chi connectivity index (χ1v) is 9.39. The Morgan fingerprint density at radius 1 is 1.12 bits per heavy atom. The van der Waals surface area contributed by atoms with Gasteiger partial charge in [-0.15, -0.1) is 0 Å². The predicted molar refractivity (Wildman–Crippen MR) is 96.2 cm³/mol. The lowest BCUT2D eigenvalue weighted by molar-refractivity contribution is -0.116. The molecule has 0 unspecified atom stereocenters. The number of sulfonamides is 1. The third-order valence-electron chi connectivity index (χ3n) is 3.53. The molecule has 1 aromatic carbocycles. The van der Waals surface area contributed by atoms with E-state index in [-0.39, 0.29) is 28.9 Å². The van der Waals surface area contributed by atoms with Crippen LogP contribution in [0.4, 0.5) is 5.69 Å². The third-order valence-corrected chi connectivity index (χ3v) is 5.36. The highest BCUT2D eigenvalue weighted by molar-refractivity contribution is 7.89. The molecule has 0 atom stereocenters. The van der Waals surface area contributed by atoms with Gasteiger partial charge in [-0.1, -0.05) is 0 Å². The van der Waals surface area contributed by atoms with Crippen LogP contribution in [0.1, 0.15) is 23.4 Å². The van der Waals surface area contributed by atoms with E-state index < -0.39 is 10.0 Å². The molecule has 0 spiro atoms. The summed E-state index contributed by atoms with van der Waals surface area (Å²) in [6.45, 7) is 0.340. The molecule has 9 heteroatoms. The van der Waals surface area contributed by atoms with Gasteiger partial charge in [0.2, 0.25) is 15.9 Å². The molecule has 0 radical (unpaired) electrons. The molecule has 2 aromatic rings. The van der Waals surface area contributed by atoms with Crippen LogP contribution in [0.2, 0.25) is 0 Å². The van der Waals surface area contributed by atoms with E-state index in [9.17, 15) is 18.0 Å². The van der Waals surface area contributed by atoms with Crippen LogP contribution in [-0.2, 0) is 14.8 Å². The fourth-order valence-corrected chi connectivity index (χ4v) is 2.99. The van der Waals surface area contributed by atoms with Crippen molar-refractivity contribution in [3.8, 4) is 0 Å². The van der Waals surface area contributed by atoms with Gasteiger partial charge < -0.3 is 15.1 Å². The zero-order valence-corrected chi connectivity index (χ0v) is 15.4. The molecule has 1 aromatic heterocycles. The third kappa shape index (κ3) is 5.17. The number of amides is 2. The Balaban J connectivity index is 1.76. The summed E-state index contributed by atoms with van der Waals surface area (Å²) in [5.41, 5.74) is 0.507. The van der Waals surface area contributed by atoms with Crippen molar-refractivity contribution in [2.24, 2.45) is 0 Å². The molecule has 0 aliphatic heterocycles. The Labute approximate surface area is 152 Å². The van der Waals surface area contributed by atoms with Crippen molar-refractivity contribution in [3.05, 3.63) is 48.4 Å². The molecule has 0 saturated carbocycles. The Morgan fingerprint density at radius 3 is 2.38 bits per heavy atom. The predicted octanol–water partition coefficient (Wildman–Crippen LogP) is 1.68. The second kappa shape index (κ2) is 8.63. The molecular weight excluding hydrogens is 358 g/mol. The number of hydrogen-bond donors (Lipinski definition) is 2. The van der Waals surface area contributed by atoms with E-state index in [1.54, 1.807) is 12.1 Å². The SMILES string of the molecule is CN(C)S(=O)(=O)c1ccc(NC(=O)CCCNC(=O)c2ccco2)cc1. The van der Waals surface area contributed by atoms with Crippen molar-refractivity contribution in [3.63, 3.8) is 0 Å². The second-order valence-electron chi connectivity index (χ2n) is 5.70. The quantitative estimate of drug-likeness (QED) is 0.678. The Kier molecular flexibility index (Phi) is 6.53. The lowest BCUT2D eigenvalue weighted by Gasteiger charge is -2.12. The summed E-state index contributed by atoms with van der Waals surface area (Å²) in [7, 11) is -0.586. The molecule has 0 aliphatic rings. The van der Waals surface area contributed by atoms with Crippen LogP contribution in [0.25, 0.3) is 0 Å². The summed E-state index contributed by atoms with van der Waals surface area (Å²) in [4.78, 5) is 23.7. The maximum Gasteiger partial charge on any atom is 0.286 e. The van der Waals surface area contributed by atoms with Gasteiger partial charge in [0.25, 0.3) is 5.91 Å². The second-order valence-corrected chi connectivity index (χ2v) is 7.85. The highest BCUT2D eigenvalue weighted by atomic mass is 32.2. The van der Waals surface area contributed by atoms with Gasteiger partial charge in [0.05, 0.1) is 11.2 Å². The molecule has 1 heterocycles. The first-order chi connectivity index (χ1) is 12.3. The number of anilines is 1. The lowest BCUT2D eigenvalue weighted by atomic mass is 10.2. The van der Waals surface area contributed by atoms with Crippen molar-refractivity contribution in [1.29, 1.82) is 0 Å². The van der Waals surface area contributed by atoms with Gasteiger partial charge in [0.1, 0.15) is 0 Å². The number of hydrogen-bond acceptors (Lipinski definition) is 5. The summed E-state index contributed by atoms with van der Waals surface area (Å²) in [6, 6.07) is 9.13. The fraction of sp³-hybridized carbons (Fsp3) is 0.294. The summed E-state index contributed by atoms with van der Waals surface area (Å²) in [6.07, 6.45) is 2.10. The minimum absolute atomic E-state index is 0.154. The zero-order valence-electron chi connectivity index (χ0n) is 14.6. The molecule has 26 heavy (non-hydrogen) atoms. The van der Waals surface area contributed by atoms with Crippen LogP contribution >= 0.6 is 0 Å². The summed E-state index contributed by atoms with van der Waals surface area (Å²) in [5, 5.41) is 5.34. The Bertz CT molecular complexity index is 843. The van der Waals surface area contributed by atoms with Crippen molar-refractivity contribution < 1.29 is 22.4 Å². The number of benzene rings is 1. The van der Waals surface area contributed by atoms with Gasteiger partial charge >= 0.3 is 0 Å². The first kappa shape index (κ1) is 19.7. The van der Waals surface area contributed by atoms with Crippen LogP contribution in [0, 0.1) is 0 Å². The van der Waals surface area contributed by atoms with E-state index in [0.29, 0.717) is 18.7 Å². The Hall–Kier alpha value is -2.65. The fourth-order valence-electron chi connectivity index (χ4n) is 2.09. The van der Waals surface area contributed by atoms with E-state index in [0.717, 1.165) is 4.31 Å². The van der Waals surface area contributed by atoms with E-state index in [1.807, 2.05) is 0 Å². The molecule has 0 fully saturated rings. The first-order valence-electron chi connectivity index (χ1n) is 7.95. The van der Waals surface area contributed by atoms with E-state index >= 15 is 0 Å². The van der Waals surface area contributed by atoms with Gasteiger partial charge in [-0.25, -0.2) is 12.7 Å². The van der Waals surface area contributed by atoms with Crippen LogP contribution in [-0.4, -0.2) is 45.2 Å². The summed E-state index contributed by atoms with van der Waals surface area (Å²) in [5.74, 6) is -0.323. The molecule has 2 amide bonds. The van der Waals surface area contributed by atoms with E-state index in [1.165, 1.54) is 44.6 Å². The van der Waals surface area contributed by atoms with Gasteiger partial charge in [-0.2, -0.15) is 0 Å². The lowest BCUT2D eigenvalue weighted by Crippen LogP contribution is -2.25. The van der Waals surface area contributed by atoms with Crippen molar-refractivity contribution in [1.82, 2.24) is 9.62 Å². The number of carbonyl (C=O) groups excluding carboxylic acids is 2. The molecule has 2 rings (SSSR count). The van der Waals surface area contributed by atoms with Gasteiger partial charge in [-0.3, -0.25) is 9.59 Å². The van der Waals surface area contributed by atoms with Crippen molar-refractivity contribution >= 4 is 27.5 Å². The van der Waals surface area contributed by atoms with Gasteiger partial charge in [0, 0.05) is 32.7 Å². The standard InChI is InChI=1S/C17H21N3O5S/c1-20(2)26(23,24)14-9-7-13(8-10-14)19-16(21)6-3-11-18-17(22)15-5-4-12-25-15/h4-5,7-10,12H,3,6,11H2,1-2H3,(H,18,22)(H,19,21). The molecule has 8 nitrogen and oxygen atoms in total. The maximum atomic E-state index is 12.0. The number of rotatable bonds is 8. The van der Waals surface area contributed by atoms with Crippen molar-refractivity contribution in [2.45, 2.75) is 17.7 Å². The van der Waals surface area contributed by atoms with Crippen LogP contribution in [0.5, 0.6) is 0 Å². The number of nitrogens with zero attached hydrogens (tertiary/aromatic N) is 1. The monoisotopic (exact) mass is 379 g/mol. The Morgan fingerprint density at radius 2 is 1.81 bits per heavy atom. The summed E-state index contributed by atoms with van der Waals surface area (Å²) < 4.78 is 30.0. The van der Waals surface area contributed by atoms with Crippen LogP contribution < -0.4 is 10.6 Å². The minimum atomic E-state index is -3.49. The molecule has 0 saturated heterocycles. The maximum absolute atomic E-state index is 12.0. The molecule has 0 aliphatic carbocycles. The minimum Gasteiger partial charge on any atom is -0.459 e. The smallest absolute Gasteiger partial charge is 0.286 e. The average Bonchev–Trinajstić information content (AvgIpc) is 3.13. The number of furan rings is 1. The van der Waals surface area contributed by atoms with Crippen molar-refractivity contribution in [2.75, 3.05) is 26.0 Å². The number of nitrogens with one attached hydrogen (secondary N) is 2. The van der Waals surface area contributed by atoms with Gasteiger partial charge in [-0.05, 0) is 42.8 Å². The normalized spacial score (nSPS) is 11.3. The highest BCUT2D eigenvalue weighted by Gasteiger charge is 2.16. The topological polar surface area (TPSA) is 109 Å². The average molecular weight is 379 g/mol. The molecule has 2 N–H and O–H groups in total. The molecule has 140 valence electrons. The number of carbonyl (C=O) groups is 2. The van der Waals surface area contributed by atoms with Crippen LogP contribution in [0.15, 0.2) is 52.0 Å². The molecular formula is C17H21N3O5S. The largest absolute Gasteiger partial charge is 0.459 e. The highest BCUT2D eigenvalue weighted by Crippen LogP contribution is 2.16. The van der Waals surface area contributed by atoms with Gasteiger partial charge in [0.15, 0.2) is 5.76 Å². The molecule has 0 bridgehead atoms. The van der Waals surface area contributed by atoms with Crippen LogP contribution in [0.3, 0.4) is 0 Å².